The van der Waals surface area contributed by atoms with Crippen molar-refractivity contribution in [3.05, 3.63) is 48.0 Å². The van der Waals surface area contributed by atoms with Crippen molar-refractivity contribution in [2.45, 2.75) is 6.04 Å². The van der Waals surface area contributed by atoms with Crippen LogP contribution in [0.25, 0.3) is 10.8 Å². The normalized spacial score (nSPS) is 12.9. The quantitative estimate of drug-likeness (QED) is 0.828. The zero-order valence-corrected chi connectivity index (χ0v) is 8.81. The molecule has 2 nitrogen and oxygen atoms in total. The van der Waals surface area contributed by atoms with Crippen molar-refractivity contribution in [1.82, 2.24) is 0 Å². The molecule has 0 aliphatic carbocycles. The Bertz CT molecular complexity index is 453. The predicted molar refractivity (Wildman–Crippen MR) is 62.8 cm³/mol. The van der Waals surface area contributed by atoms with Crippen LogP contribution in [0, 0.1) is 0 Å². The van der Waals surface area contributed by atoms with Gasteiger partial charge < -0.3 is 10.5 Å². The molecule has 2 aromatic rings. The van der Waals surface area contributed by atoms with Crippen LogP contribution in [0.2, 0.25) is 0 Å². The summed E-state index contributed by atoms with van der Waals surface area (Å²) < 4.78 is 5.05. The summed E-state index contributed by atoms with van der Waals surface area (Å²) in [6.45, 7) is 0.554. The number of hydrogen-bond donors (Lipinski definition) is 1. The molecule has 15 heavy (non-hydrogen) atoms. The summed E-state index contributed by atoms with van der Waals surface area (Å²) in [5.74, 6) is 0. The van der Waals surface area contributed by atoms with Crippen LogP contribution in [-0.2, 0) is 4.74 Å². The van der Waals surface area contributed by atoms with Crippen LogP contribution in [0.3, 0.4) is 0 Å². The third-order valence-electron chi connectivity index (χ3n) is 2.55. The third-order valence-corrected chi connectivity index (χ3v) is 2.55. The van der Waals surface area contributed by atoms with Gasteiger partial charge in [-0.05, 0) is 22.4 Å². The van der Waals surface area contributed by atoms with Crippen LogP contribution < -0.4 is 5.73 Å². The molecule has 1 atom stereocenters. The van der Waals surface area contributed by atoms with E-state index in [1.807, 2.05) is 12.1 Å². The lowest BCUT2D eigenvalue weighted by Gasteiger charge is -2.11. The van der Waals surface area contributed by atoms with E-state index in [-0.39, 0.29) is 6.04 Å². The first-order valence-corrected chi connectivity index (χ1v) is 5.04. The van der Waals surface area contributed by atoms with E-state index in [4.69, 9.17) is 10.5 Å². The largest absolute Gasteiger partial charge is 0.383 e. The predicted octanol–water partition coefficient (Wildman–Crippen LogP) is 2.49. The standard InChI is InChI=1S/C13H15NO/c1-15-9-13(14)12-7-6-10-4-2-3-5-11(10)8-12/h2-8,13H,9,14H2,1H3. The Hall–Kier alpha value is -1.38. The summed E-state index contributed by atoms with van der Waals surface area (Å²) >= 11 is 0. The molecule has 0 radical (unpaired) electrons. The lowest BCUT2D eigenvalue weighted by molar-refractivity contribution is 0.181. The van der Waals surface area contributed by atoms with Crippen molar-refractivity contribution in [2.75, 3.05) is 13.7 Å². The average molecular weight is 201 g/mol. The van der Waals surface area contributed by atoms with Gasteiger partial charge in [-0.3, -0.25) is 0 Å². The molecule has 78 valence electrons. The van der Waals surface area contributed by atoms with E-state index in [0.717, 1.165) is 5.56 Å². The summed E-state index contributed by atoms with van der Waals surface area (Å²) in [5.41, 5.74) is 7.09. The van der Waals surface area contributed by atoms with Gasteiger partial charge in [0, 0.05) is 7.11 Å². The van der Waals surface area contributed by atoms with E-state index < -0.39 is 0 Å². The minimum absolute atomic E-state index is 0.0420. The highest BCUT2D eigenvalue weighted by molar-refractivity contribution is 5.83. The summed E-state index contributed by atoms with van der Waals surface area (Å²) in [5, 5.41) is 2.47. The molecule has 0 aliphatic rings. The van der Waals surface area contributed by atoms with E-state index in [1.165, 1.54) is 10.8 Å². The molecule has 2 rings (SSSR count). The first-order valence-electron chi connectivity index (χ1n) is 5.04. The van der Waals surface area contributed by atoms with Crippen LogP contribution in [0.4, 0.5) is 0 Å². The van der Waals surface area contributed by atoms with Crippen molar-refractivity contribution < 1.29 is 4.74 Å². The summed E-state index contributed by atoms with van der Waals surface area (Å²) in [7, 11) is 1.67. The molecule has 0 saturated heterocycles. The fourth-order valence-corrected chi connectivity index (χ4v) is 1.71. The summed E-state index contributed by atoms with van der Waals surface area (Å²) in [6.07, 6.45) is 0. The first kappa shape index (κ1) is 10.1. The second-order valence-electron chi connectivity index (χ2n) is 3.67. The van der Waals surface area contributed by atoms with Gasteiger partial charge in [-0.1, -0.05) is 36.4 Å². The minimum Gasteiger partial charge on any atom is -0.383 e. The van der Waals surface area contributed by atoms with Crippen molar-refractivity contribution in [1.29, 1.82) is 0 Å². The second kappa shape index (κ2) is 4.43. The number of nitrogens with two attached hydrogens (primary N) is 1. The number of ether oxygens (including phenoxy) is 1. The molecular formula is C13H15NO. The summed E-state index contributed by atoms with van der Waals surface area (Å²) in [6, 6.07) is 14.5. The molecular weight excluding hydrogens is 186 g/mol. The Morgan fingerprint density at radius 1 is 1.13 bits per heavy atom. The van der Waals surface area contributed by atoms with Crippen LogP contribution in [0.5, 0.6) is 0 Å². The van der Waals surface area contributed by atoms with E-state index >= 15 is 0 Å². The van der Waals surface area contributed by atoms with Crippen molar-refractivity contribution in [3.63, 3.8) is 0 Å². The smallest absolute Gasteiger partial charge is 0.0655 e. The third kappa shape index (κ3) is 2.17. The molecule has 1 unspecified atom stereocenters. The molecule has 0 amide bonds. The van der Waals surface area contributed by atoms with Crippen LogP contribution in [0.1, 0.15) is 11.6 Å². The van der Waals surface area contributed by atoms with Gasteiger partial charge in [-0.25, -0.2) is 0 Å². The minimum atomic E-state index is -0.0420. The van der Waals surface area contributed by atoms with Gasteiger partial charge in [0.05, 0.1) is 12.6 Å². The fourth-order valence-electron chi connectivity index (χ4n) is 1.71. The molecule has 0 spiro atoms. The SMILES string of the molecule is COCC(N)c1ccc2ccccc2c1. The topological polar surface area (TPSA) is 35.2 Å². The molecule has 2 aromatic carbocycles. The average Bonchev–Trinajstić information content (AvgIpc) is 2.29. The van der Waals surface area contributed by atoms with E-state index in [0.29, 0.717) is 6.61 Å². The number of methoxy groups -OCH3 is 1. The van der Waals surface area contributed by atoms with Crippen molar-refractivity contribution in [2.24, 2.45) is 5.73 Å². The van der Waals surface area contributed by atoms with E-state index in [9.17, 15) is 0 Å². The number of rotatable bonds is 3. The first-order chi connectivity index (χ1) is 7.31. The number of benzene rings is 2. The highest BCUT2D eigenvalue weighted by Crippen LogP contribution is 2.19. The maximum absolute atomic E-state index is 5.97. The second-order valence-corrected chi connectivity index (χ2v) is 3.67. The van der Waals surface area contributed by atoms with Gasteiger partial charge in [0.2, 0.25) is 0 Å². The highest BCUT2D eigenvalue weighted by atomic mass is 16.5. The number of hydrogen-bond acceptors (Lipinski definition) is 2. The highest BCUT2D eigenvalue weighted by Gasteiger charge is 2.05. The molecule has 0 heterocycles. The van der Waals surface area contributed by atoms with Gasteiger partial charge in [0.15, 0.2) is 0 Å². The molecule has 0 aromatic heterocycles. The molecule has 0 fully saturated rings. The lowest BCUT2D eigenvalue weighted by atomic mass is 10.0. The van der Waals surface area contributed by atoms with Gasteiger partial charge in [0.1, 0.15) is 0 Å². The summed E-state index contributed by atoms with van der Waals surface area (Å²) in [4.78, 5) is 0. The van der Waals surface area contributed by atoms with Crippen molar-refractivity contribution >= 4 is 10.8 Å². The Labute approximate surface area is 89.7 Å². The molecule has 2 heteroatoms. The molecule has 0 saturated carbocycles. The van der Waals surface area contributed by atoms with Gasteiger partial charge >= 0.3 is 0 Å². The Kier molecular flexibility index (Phi) is 2.99. The number of fused-ring (bicyclic) bond motifs is 1. The van der Waals surface area contributed by atoms with Crippen LogP contribution in [0.15, 0.2) is 42.5 Å². The molecule has 0 aliphatic heterocycles. The maximum Gasteiger partial charge on any atom is 0.0655 e. The zero-order chi connectivity index (χ0) is 10.7. The lowest BCUT2D eigenvalue weighted by Crippen LogP contribution is -2.15. The van der Waals surface area contributed by atoms with E-state index in [2.05, 4.69) is 30.3 Å². The van der Waals surface area contributed by atoms with Gasteiger partial charge in [-0.15, -0.1) is 0 Å². The van der Waals surface area contributed by atoms with Gasteiger partial charge in [-0.2, -0.15) is 0 Å². The maximum atomic E-state index is 5.97. The Morgan fingerprint density at radius 3 is 2.60 bits per heavy atom. The molecule has 0 bridgehead atoms. The van der Waals surface area contributed by atoms with Crippen LogP contribution in [-0.4, -0.2) is 13.7 Å². The van der Waals surface area contributed by atoms with Crippen LogP contribution >= 0.6 is 0 Å². The fraction of sp³-hybridized carbons (Fsp3) is 0.231. The zero-order valence-electron chi connectivity index (χ0n) is 8.81. The van der Waals surface area contributed by atoms with Crippen molar-refractivity contribution in [3.8, 4) is 0 Å². The van der Waals surface area contributed by atoms with E-state index in [1.54, 1.807) is 7.11 Å². The Balaban J connectivity index is 2.38. The van der Waals surface area contributed by atoms with Gasteiger partial charge in [0.25, 0.3) is 0 Å². The Morgan fingerprint density at radius 2 is 1.87 bits per heavy atom. The molecule has 2 N–H and O–H groups in total. The monoisotopic (exact) mass is 201 g/mol.